The number of carboxylic acid groups (broad SMARTS) is 1. The summed E-state index contributed by atoms with van der Waals surface area (Å²) < 4.78 is 31.8. The molecule has 1 aromatic rings. The fourth-order valence-electron chi connectivity index (χ4n) is 1.76. The molecule has 0 radical (unpaired) electrons. The van der Waals surface area contributed by atoms with Gasteiger partial charge in [0.15, 0.2) is 0 Å². The van der Waals surface area contributed by atoms with Crippen molar-refractivity contribution < 1.29 is 27.9 Å². The number of hydrogen-bond acceptors (Lipinski definition) is 6. The summed E-state index contributed by atoms with van der Waals surface area (Å²) in [6, 6.07) is 5.70. The highest BCUT2D eigenvalue weighted by Crippen LogP contribution is 2.19. The Hall–Kier alpha value is -1.97. The second-order valence-corrected chi connectivity index (χ2v) is 8.02. The second kappa shape index (κ2) is 6.88. The lowest BCUT2D eigenvalue weighted by molar-refractivity contribution is -0.169. The van der Waals surface area contributed by atoms with Crippen molar-refractivity contribution in [1.29, 1.82) is 0 Å². The number of hydrogen-bond donors (Lipinski definition) is 3. The van der Waals surface area contributed by atoms with Crippen LogP contribution < -0.4 is 10.5 Å². The standard InChI is InChI=1S/C15H22N2O6S/c1-10-5-7-11(8-6-10)24(21,22)17-15(9-16,12(18)19)13(20)23-14(2,3)4/h5-8,17H,9,16H2,1-4H3,(H,18,19)/t15-/m0/s1. The summed E-state index contributed by atoms with van der Waals surface area (Å²) in [4.78, 5) is 23.8. The van der Waals surface area contributed by atoms with Crippen LogP contribution in [0.2, 0.25) is 0 Å². The molecule has 134 valence electrons. The molecule has 9 heteroatoms. The van der Waals surface area contributed by atoms with Crippen LogP contribution in [0.1, 0.15) is 26.3 Å². The van der Waals surface area contributed by atoms with Crippen molar-refractivity contribution in [3.63, 3.8) is 0 Å². The molecule has 0 aliphatic heterocycles. The van der Waals surface area contributed by atoms with Crippen LogP contribution >= 0.6 is 0 Å². The van der Waals surface area contributed by atoms with Crippen LogP contribution in [0.15, 0.2) is 29.2 Å². The Kier molecular flexibility index (Phi) is 5.75. The maximum absolute atomic E-state index is 12.5. The molecule has 1 atom stereocenters. The summed E-state index contributed by atoms with van der Waals surface area (Å²) in [5.41, 5.74) is 2.63. The van der Waals surface area contributed by atoms with Crippen LogP contribution in [0.4, 0.5) is 0 Å². The van der Waals surface area contributed by atoms with E-state index in [4.69, 9.17) is 10.5 Å². The number of carbonyl (C=O) groups excluding carboxylic acids is 1. The Labute approximate surface area is 141 Å². The SMILES string of the molecule is Cc1ccc(S(=O)(=O)N[C@@](CN)(C(=O)O)C(=O)OC(C)(C)C)cc1. The Morgan fingerprint density at radius 3 is 2.08 bits per heavy atom. The Bertz CT molecular complexity index is 721. The van der Waals surface area contributed by atoms with Gasteiger partial charge in [0.2, 0.25) is 15.6 Å². The van der Waals surface area contributed by atoms with E-state index in [0.717, 1.165) is 5.56 Å². The molecule has 0 bridgehead atoms. The van der Waals surface area contributed by atoms with Gasteiger partial charge in [-0.2, -0.15) is 4.72 Å². The number of nitrogens with two attached hydrogens (primary N) is 1. The number of carboxylic acids is 1. The molecule has 0 fully saturated rings. The minimum atomic E-state index is -4.30. The molecule has 0 aliphatic rings. The van der Waals surface area contributed by atoms with Crippen LogP contribution in [0.3, 0.4) is 0 Å². The molecule has 24 heavy (non-hydrogen) atoms. The molecule has 8 nitrogen and oxygen atoms in total. The Morgan fingerprint density at radius 1 is 1.21 bits per heavy atom. The van der Waals surface area contributed by atoms with Gasteiger partial charge in [0.25, 0.3) is 0 Å². The van der Waals surface area contributed by atoms with Crippen LogP contribution in [-0.2, 0) is 24.3 Å². The number of benzene rings is 1. The van der Waals surface area contributed by atoms with Crippen molar-refractivity contribution in [3.8, 4) is 0 Å². The predicted molar refractivity (Wildman–Crippen MR) is 86.8 cm³/mol. The van der Waals surface area contributed by atoms with Crippen molar-refractivity contribution in [3.05, 3.63) is 29.8 Å². The highest BCUT2D eigenvalue weighted by Gasteiger charge is 2.51. The van der Waals surface area contributed by atoms with Crippen LogP contribution in [-0.4, -0.2) is 43.1 Å². The van der Waals surface area contributed by atoms with Crippen LogP contribution in [0.5, 0.6) is 0 Å². The molecule has 0 spiro atoms. The van der Waals surface area contributed by atoms with Gasteiger partial charge in [0.05, 0.1) is 4.90 Å². The fraction of sp³-hybridized carbons (Fsp3) is 0.467. The third-order valence-corrected chi connectivity index (χ3v) is 4.57. The molecule has 0 amide bonds. The van der Waals surface area contributed by atoms with E-state index in [1.807, 2.05) is 4.72 Å². The maximum Gasteiger partial charge on any atom is 0.340 e. The lowest BCUT2D eigenvalue weighted by atomic mass is 10.0. The molecule has 0 aliphatic carbocycles. The quantitative estimate of drug-likeness (QED) is 0.494. The minimum Gasteiger partial charge on any atom is -0.479 e. The van der Waals surface area contributed by atoms with Gasteiger partial charge < -0.3 is 15.6 Å². The van der Waals surface area contributed by atoms with E-state index in [1.165, 1.54) is 32.9 Å². The van der Waals surface area contributed by atoms with Gasteiger partial charge in [0.1, 0.15) is 5.60 Å². The van der Waals surface area contributed by atoms with Crippen LogP contribution in [0, 0.1) is 6.92 Å². The number of ether oxygens (including phenoxy) is 1. The first-order chi connectivity index (χ1) is 10.8. The summed E-state index contributed by atoms with van der Waals surface area (Å²) in [6.07, 6.45) is 0. The van der Waals surface area contributed by atoms with Gasteiger partial charge in [-0.1, -0.05) is 17.7 Å². The molecule has 0 heterocycles. The predicted octanol–water partition coefficient (Wildman–Crippen LogP) is 0.397. The highest BCUT2D eigenvalue weighted by atomic mass is 32.2. The molecule has 4 N–H and O–H groups in total. The van der Waals surface area contributed by atoms with Gasteiger partial charge >= 0.3 is 11.9 Å². The van der Waals surface area contributed by atoms with Gasteiger partial charge in [-0.15, -0.1) is 0 Å². The van der Waals surface area contributed by atoms with Gasteiger partial charge in [-0.3, -0.25) is 0 Å². The summed E-state index contributed by atoms with van der Waals surface area (Å²) in [5.74, 6) is -3.02. The van der Waals surface area contributed by atoms with Crippen LogP contribution in [0.25, 0.3) is 0 Å². The van der Waals surface area contributed by atoms with Gasteiger partial charge in [0, 0.05) is 6.54 Å². The number of aryl methyl sites for hydroxylation is 1. The summed E-state index contributed by atoms with van der Waals surface area (Å²) in [7, 11) is -4.30. The smallest absolute Gasteiger partial charge is 0.340 e. The molecule has 1 rings (SSSR count). The summed E-state index contributed by atoms with van der Waals surface area (Å²) in [5, 5.41) is 9.44. The first-order valence-corrected chi connectivity index (χ1v) is 8.60. The molecular weight excluding hydrogens is 336 g/mol. The van der Waals surface area contributed by atoms with E-state index in [9.17, 15) is 23.1 Å². The minimum absolute atomic E-state index is 0.185. The lowest BCUT2D eigenvalue weighted by Crippen LogP contribution is -2.65. The number of nitrogens with one attached hydrogen (secondary N) is 1. The van der Waals surface area contributed by atoms with Crippen molar-refractivity contribution in [2.45, 2.75) is 43.7 Å². The number of aliphatic carboxylic acids is 1. The normalized spacial score (nSPS) is 14.7. The van der Waals surface area contributed by atoms with E-state index < -0.39 is 39.6 Å². The van der Waals surface area contributed by atoms with Gasteiger partial charge in [-0.25, -0.2) is 18.0 Å². The summed E-state index contributed by atoms with van der Waals surface area (Å²) in [6.45, 7) is 5.56. The largest absolute Gasteiger partial charge is 0.479 e. The number of rotatable bonds is 6. The van der Waals surface area contributed by atoms with E-state index in [0.29, 0.717) is 0 Å². The number of esters is 1. The van der Waals surface area contributed by atoms with E-state index in [1.54, 1.807) is 19.1 Å². The zero-order chi connectivity index (χ0) is 18.8. The Balaban J connectivity index is 3.29. The first kappa shape index (κ1) is 20.1. The van der Waals surface area contributed by atoms with Crippen molar-refractivity contribution in [2.24, 2.45) is 5.73 Å². The monoisotopic (exact) mass is 358 g/mol. The van der Waals surface area contributed by atoms with E-state index in [-0.39, 0.29) is 4.90 Å². The molecule has 0 aromatic heterocycles. The zero-order valence-electron chi connectivity index (χ0n) is 14.0. The molecular formula is C15H22N2O6S. The molecule has 0 saturated heterocycles. The number of sulfonamides is 1. The average molecular weight is 358 g/mol. The number of carbonyl (C=O) groups is 2. The second-order valence-electron chi connectivity index (χ2n) is 6.34. The highest BCUT2D eigenvalue weighted by molar-refractivity contribution is 7.89. The fourth-order valence-corrected chi connectivity index (χ4v) is 3.08. The molecule has 0 unspecified atom stereocenters. The van der Waals surface area contributed by atoms with E-state index >= 15 is 0 Å². The van der Waals surface area contributed by atoms with Gasteiger partial charge in [-0.05, 0) is 39.8 Å². The van der Waals surface area contributed by atoms with Crippen molar-refractivity contribution in [1.82, 2.24) is 4.72 Å². The summed E-state index contributed by atoms with van der Waals surface area (Å²) >= 11 is 0. The maximum atomic E-state index is 12.5. The molecule has 1 aromatic carbocycles. The average Bonchev–Trinajstić information content (AvgIpc) is 2.43. The van der Waals surface area contributed by atoms with Crippen molar-refractivity contribution in [2.75, 3.05) is 6.54 Å². The van der Waals surface area contributed by atoms with Crippen molar-refractivity contribution >= 4 is 22.0 Å². The first-order valence-electron chi connectivity index (χ1n) is 7.11. The third kappa shape index (κ3) is 4.53. The third-order valence-electron chi connectivity index (χ3n) is 3.06. The lowest BCUT2D eigenvalue weighted by Gasteiger charge is -2.30. The topological polar surface area (TPSA) is 136 Å². The van der Waals surface area contributed by atoms with E-state index in [2.05, 4.69) is 0 Å². The Morgan fingerprint density at radius 2 is 1.71 bits per heavy atom. The molecule has 0 saturated carbocycles. The zero-order valence-corrected chi connectivity index (χ0v) is 14.8.